The Kier molecular flexibility index (Phi) is 2.69. The number of amides is 1. The van der Waals surface area contributed by atoms with Gasteiger partial charge < -0.3 is 9.84 Å². The van der Waals surface area contributed by atoms with Crippen LogP contribution >= 0.6 is 0 Å². The van der Waals surface area contributed by atoms with Crippen LogP contribution in [-0.2, 0) is 16.1 Å². The van der Waals surface area contributed by atoms with Gasteiger partial charge in [-0.15, -0.1) is 0 Å². The number of hydrogen-bond donors (Lipinski definition) is 1. The summed E-state index contributed by atoms with van der Waals surface area (Å²) in [6.45, 7) is 0.688. The average Bonchev–Trinajstić information content (AvgIpc) is 3.16. The lowest BCUT2D eigenvalue weighted by atomic mass is 9.85. The number of benzene rings is 1. The van der Waals surface area contributed by atoms with Crippen molar-refractivity contribution >= 4 is 12.1 Å². The van der Waals surface area contributed by atoms with Crippen molar-refractivity contribution < 1.29 is 19.4 Å². The SMILES string of the molecule is O=C(O)C1N(C(=O)OCc2ccccc2)CC12CC2. The van der Waals surface area contributed by atoms with E-state index in [1.54, 1.807) is 0 Å². The van der Waals surface area contributed by atoms with Crippen LogP contribution in [0.5, 0.6) is 0 Å². The predicted octanol–water partition coefficient (Wildman–Crippen LogP) is 1.87. The van der Waals surface area contributed by atoms with E-state index in [1.165, 1.54) is 4.90 Å². The smallest absolute Gasteiger partial charge is 0.410 e. The molecule has 19 heavy (non-hydrogen) atoms. The van der Waals surface area contributed by atoms with Crippen molar-refractivity contribution in [2.75, 3.05) is 6.54 Å². The molecule has 100 valence electrons. The van der Waals surface area contributed by atoms with Crippen LogP contribution < -0.4 is 0 Å². The van der Waals surface area contributed by atoms with Gasteiger partial charge in [-0.05, 0) is 18.4 Å². The molecular weight excluding hydrogens is 246 g/mol. The van der Waals surface area contributed by atoms with Crippen LogP contribution in [0.2, 0.25) is 0 Å². The van der Waals surface area contributed by atoms with Gasteiger partial charge in [0, 0.05) is 12.0 Å². The highest BCUT2D eigenvalue weighted by atomic mass is 16.6. The molecule has 1 spiro atoms. The number of likely N-dealkylation sites (tertiary alicyclic amines) is 1. The Morgan fingerprint density at radius 1 is 1.32 bits per heavy atom. The van der Waals surface area contributed by atoms with Crippen molar-refractivity contribution in [3.8, 4) is 0 Å². The topological polar surface area (TPSA) is 66.8 Å². The second-order valence-electron chi connectivity index (χ2n) is 5.27. The molecule has 1 atom stereocenters. The van der Waals surface area contributed by atoms with Crippen molar-refractivity contribution in [3.05, 3.63) is 35.9 Å². The summed E-state index contributed by atoms with van der Waals surface area (Å²) >= 11 is 0. The average molecular weight is 261 g/mol. The molecule has 5 nitrogen and oxygen atoms in total. The summed E-state index contributed by atoms with van der Waals surface area (Å²) in [5, 5.41) is 9.16. The summed E-state index contributed by atoms with van der Waals surface area (Å²) in [7, 11) is 0. The first-order valence-electron chi connectivity index (χ1n) is 6.32. The number of carboxylic acids is 1. The van der Waals surface area contributed by atoms with Gasteiger partial charge in [0.2, 0.25) is 0 Å². The molecular formula is C14H15NO4. The molecule has 1 heterocycles. The van der Waals surface area contributed by atoms with Gasteiger partial charge in [-0.1, -0.05) is 30.3 Å². The van der Waals surface area contributed by atoms with Crippen LogP contribution in [0, 0.1) is 5.41 Å². The zero-order valence-electron chi connectivity index (χ0n) is 10.4. The van der Waals surface area contributed by atoms with Gasteiger partial charge in [0.15, 0.2) is 0 Å². The summed E-state index contributed by atoms with van der Waals surface area (Å²) in [6, 6.07) is 8.65. The highest BCUT2D eigenvalue weighted by Gasteiger charge is 2.65. The standard InChI is InChI=1S/C14H15NO4/c16-12(17)11-14(6-7-14)9-15(11)13(18)19-8-10-4-2-1-3-5-10/h1-5,11H,6-9H2,(H,16,17). The summed E-state index contributed by atoms with van der Waals surface area (Å²) in [5.74, 6) is -0.930. The van der Waals surface area contributed by atoms with Crippen LogP contribution in [0.1, 0.15) is 18.4 Å². The highest BCUT2D eigenvalue weighted by molar-refractivity contribution is 5.84. The van der Waals surface area contributed by atoms with Crippen molar-refractivity contribution in [3.63, 3.8) is 0 Å². The molecule has 1 saturated heterocycles. The second-order valence-corrected chi connectivity index (χ2v) is 5.27. The first kappa shape index (κ1) is 12.0. The fourth-order valence-electron chi connectivity index (χ4n) is 2.69. The number of ether oxygens (including phenoxy) is 1. The Morgan fingerprint density at radius 2 is 2.00 bits per heavy atom. The Labute approximate surface area is 110 Å². The largest absolute Gasteiger partial charge is 0.480 e. The van der Waals surface area contributed by atoms with Gasteiger partial charge in [0.05, 0.1) is 0 Å². The number of carboxylic acid groups (broad SMARTS) is 1. The zero-order valence-corrected chi connectivity index (χ0v) is 10.4. The van der Waals surface area contributed by atoms with Crippen LogP contribution in [-0.4, -0.2) is 34.7 Å². The molecule has 0 bridgehead atoms. The first-order chi connectivity index (χ1) is 9.12. The summed E-state index contributed by atoms with van der Waals surface area (Å²) < 4.78 is 5.16. The van der Waals surface area contributed by atoms with E-state index in [4.69, 9.17) is 9.84 Å². The van der Waals surface area contributed by atoms with E-state index in [9.17, 15) is 9.59 Å². The lowest BCUT2D eigenvalue weighted by molar-refractivity contribution is -0.153. The van der Waals surface area contributed by atoms with E-state index < -0.39 is 18.1 Å². The third-order valence-electron chi connectivity index (χ3n) is 3.94. The number of hydrogen-bond acceptors (Lipinski definition) is 3. The fourth-order valence-corrected chi connectivity index (χ4v) is 2.69. The lowest BCUT2D eigenvalue weighted by Crippen LogP contribution is -2.63. The Bertz CT molecular complexity index is 509. The van der Waals surface area contributed by atoms with Gasteiger partial charge in [-0.25, -0.2) is 9.59 Å². The molecule has 1 amide bonds. The minimum atomic E-state index is -0.930. The molecule has 1 aromatic carbocycles. The third-order valence-corrected chi connectivity index (χ3v) is 3.94. The van der Waals surface area contributed by atoms with E-state index in [0.717, 1.165) is 18.4 Å². The normalized spacial score (nSPS) is 22.7. The van der Waals surface area contributed by atoms with E-state index in [0.29, 0.717) is 6.54 Å². The lowest BCUT2D eigenvalue weighted by Gasteiger charge is -2.45. The Morgan fingerprint density at radius 3 is 2.58 bits per heavy atom. The minimum absolute atomic E-state index is 0.155. The van der Waals surface area contributed by atoms with E-state index in [-0.39, 0.29) is 12.0 Å². The van der Waals surface area contributed by atoms with Crippen molar-refractivity contribution in [1.29, 1.82) is 0 Å². The number of rotatable bonds is 3. The third kappa shape index (κ3) is 2.05. The maximum absolute atomic E-state index is 11.9. The number of nitrogens with zero attached hydrogens (tertiary/aromatic N) is 1. The summed E-state index contributed by atoms with van der Waals surface area (Å²) in [4.78, 5) is 24.4. The van der Waals surface area contributed by atoms with Crippen molar-refractivity contribution in [1.82, 2.24) is 4.90 Å². The molecule has 1 saturated carbocycles. The molecule has 5 heteroatoms. The van der Waals surface area contributed by atoms with Gasteiger partial charge in [-0.2, -0.15) is 0 Å². The van der Waals surface area contributed by atoms with Crippen LogP contribution in [0.3, 0.4) is 0 Å². The maximum Gasteiger partial charge on any atom is 0.410 e. The number of carbonyl (C=O) groups excluding carboxylic acids is 1. The molecule has 0 aromatic heterocycles. The van der Waals surface area contributed by atoms with Crippen LogP contribution in [0.4, 0.5) is 4.79 Å². The summed E-state index contributed by atoms with van der Waals surface area (Å²) in [6.07, 6.45) is 1.26. The highest BCUT2D eigenvalue weighted by Crippen LogP contribution is 2.57. The number of carbonyl (C=O) groups is 2. The van der Waals surface area contributed by atoms with E-state index in [1.807, 2.05) is 30.3 Å². The molecule has 2 fully saturated rings. The second kappa shape index (κ2) is 4.26. The predicted molar refractivity (Wildman–Crippen MR) is 66.4 cm³/mol. The number of aliphatic carboxylic acids is 1. The maximum atomic E-state index is 11.9. The molecule has 3 rings (SSSR count). The van der Waals surface area contributed by atoms with Gasteiger partial charge in [0.1, 0.15) is 12.6 Å². The quantitative estimate of drug-likeness (QED) is 0.902. The van der Waals surface area contributed by atoms with Gasteiger partial charge >= 0.3 is 12.1 Å². The van der Waals surface area contributed by atoms with Crippen LogP contribution in [0.25, 0.3) is 0 Å². The van der Waals surface area contributed by atoms with Crippen molar-refractivity contribution in [2.45, 2.75) is 25.5 Å². The molecule has 1 aliphatic heterocycles. The molecule has 2 aliphatic rings. The molecule has 0 radical (unpaired) electrons. The van der Waals surface area contributed by atoms with E-state index in [2.05, 4.69) is 0 Å². The van der Waals surface area contributed by atoms with Crippen LogP contribution in [0.15, 0.2) is 30.3 Å². The summed E-state index contributed by atoms with van der Waals surface area (Å²) in [5.41, 5.74) is 0.738. The van der Waals surface area contributed by atoms with Gasteiger partial charge in [-0.3, -0.25) is 4.90 Å². The van der Waals surface area contributed by atoms with Crippen molar-refractivity contribution in [2.24, 2.45) is 5.41 Å². The molecule has 1 N–H and O–H groups in total. The Hall–Kier alpha value is -2.04. The monoisotopic (exact) mass is 261 g/mol. The molecule has 1 aliphatic carbocycles. The molecule has 1 unspecified atom stereocenters. The Balaban J connectivity index is 1.58. The first-order valence-corrected chi connectivity index (χ1v) is 6.32. The molecule has 1 aromatic rings. The zero-order chi connectivity index (χ0) is 13.5. The minimum Gasteiger partial charge on any atom is -0.480 e. The fraction of sp³-hybridized carbons (Fsp3) is 0.429. The van der Waals surface area contributed by atoms with Gasteiger partial charge in [0.25, 0.3) is 0 Å². The van der Waals surface area contributed by atoms with E-state index >= 15 is 0 Å².